The maximum absolute atomic E-state index is 6.10. The van der Waals surface area contributed by atoms with Crippen molar-refractivity contribution in [1.82, 2.24) is 14.5 Å². The topological polar surface area (TPSA) is 56.2 Å². The molecule has 0 bridgehead atoms. The third-order valence-electron chi connectivity index (χ3n) is 4.05. The van der Waals surface area contributed by atoms with Crippen LogP contribution in [0.15, 0.2) is 46.1 Å². The number of rotatable bonds is 5. The Morgan fingerprint density at radius 3 is 2.76 bits per heavy atom. The third-order valence-corrected chi connectivity index (χ3v) is 5.35. The van der Waals surface area contributed by atoms with E-state index in [9.17, 15) is 0 Å². The second kappa shape index (κ2) is 7.06. The van der Waals surface area contributed by atoms with Crippen molar-refractivity contribution in [3.63, 3.8) is 0 Å². The summed E-state index contributed by atoms with van der Waals surface area (Å²) >= 11 is 7.85. The van der Waals surface area contributed by atoms with E-state index in [2.05, 4.69) is 9.98 Å². The van der Waals surface area contributed by atoms with Crippen molar-refractivity contribution >= 4 is 28.4 Å². The minimum Gasteiger partial charge on any atom is -0.427 e. The Labute approximate surface area is 155 Å². The highest BCUT2D eigenvalue weighted by Crippen LogP contribution is 2.29. The number of hydrogen-bond acceptors (Lipinski definition) is 5. The van der Waals surface area contributed by atoms with Crippen LogP contribution in [0.25, 0.3) is 17.3 Å². The SMILES string of the molecule is Cc1nccn1-c1nc(-c2ccc(Cl)cc2)c(CCC2=NCCS2)o1. The molecule has 2 aromatic heterocycles. The number of oxazole rings is 1. The lowest BCUT2D eigenvalue weighted by atomic mass is 10.1. The number of halogens is 1. The summed E-state index contributed by atoms with van der Waals surface area (Å²) in [5.41, 5.74) is 1.84. The smallest absolute Gasteiger partial charge is 0.307 e. The number of imidazole rings is 1. The molecule has 0 saturated carbocycles. The molecule has 0 unspecified atom stereocenters. The predicted octanol–water partition coefficient (Wildman–Crippen LogP) is 4.57. The lowest BCUT2D eigenvalue weighted by Crippen LogP contribution is -1.95. The zero-order valence-electron chi connectivity index (χ0n) is 13.8. The number of aliphatic imine (C=N–C) groups is 1. The number of benzene rings is 1. The van der Waals surface area contributed by atoms with Crippen LogP contribution in [0.3, 0.4) is 0 Å². The first-order valence-corrected chi connectivity index (χ1v) is 9.49. The quantitative estimate of drug-likeness (QED) is 0.658. The van der Waals surface area contributed by atoms with Crippen molar-refractivity contribution in [3.05, 3.63) is 53.3 Å². The molecule has 1 aromatic carbocycles. The van der Waals surface area contributed by atoms with Gasteiger partial charge in [-0.2, -0.15) is 4.98 Å². The van der Waals surface area contributed by atoms with Crippen LogP contribution in [0.1, 0.15) is 18.0 Å². The number of thioether (sulfide) groups is 1. The molecule has 0 fully saturated rings. The first kappa shape index (κ1) is 16.4. The molecule has 0 N–H and O–H groups in total. The fraction of sp³-hybridized carbons (Fsp3) is 0.278. The molecular formula is C18H17ClN4OS. The van der Waals surface area contributed by atoms with E-state index in [0.717, 1.165) is 48.0 Å². The second-order valence-electron chi connectivity index (χ2n) is 5.74. The molecule has 0 atom stereocenters. The van der Waals surface area contributed by atoms with Gasteiger partial charge in [0.15, 0.2) is 0 Å². The molecule has 5 nitrogen and oxygen atoms in total. The molecule has 0 saturated heterocycles. The van der Waals surface area contributed by atoms with Crippen LogP contribution >= 0.6 is 23.4 Å². The Hall–Kier alpha value is -2.05. The van der Waals surface area contributed by atoms with Gasteiger partial charge in [0.1, 0.15) is 17.3 Å². The van der Waals surface area contributed by atoms with Gasteiger partial charge < -0.3 is 4.42 Å². The van der Waals surface area contributed by atoms with Crippen LogP contribution < -0.4 is 0 Å². The largest absolute Gasteiger partial charge is 0.427 e. The van der Waals surface area contributed by atoms with E-state index >= 15 is 0 Å². The minimum atomic E-state index is 0.538. The Bertz CT molecular complexity index is 914. The van der Waals surface area contributed by atoms with Crippen LogP contribution in [0, 0.1) is 6.92 Å². The van der Waals surface area contributed by atoms with Crippen LogP contribution in [-0.2, 0) is 6.42 Å². The van der Waals surface area contributed by atoms with Crippen LogP contribution in [-0.4, -0.2) is 31.9 Å². The zero-order chi connectivity index (χ0) is 17.2. The molecule has 0 spiro atoms. The Kier molecular flexibility index (Phi) is 4.63. The summed E-state index contributed by atoms with van der Waals surface area (Å²) in [5, 5.41) is 1.90. The van der Waals surface area contributed by atoms with Crippen molar-refractivity contribution in [3.8, 4) is 17.3 Å². The summed E-state index contributed by atoms with van der Waals surface area (Å²) in [7, 11) is 0. The van der Waals surface area contributed by atoms with Gasteiger partial charge in [-0.25, -0.2) is 4.98 Å². The van der Waals surface area contributed by atoms with Gasteiger partial charge >= 0.3 is 6.01 Å². The van der Waals surface area contributed by atoms with E-state index < -0.39 is 0 Å². The van der Waals surface area contributed by atoms with Crippen molar-refractivity contribution in [1.29, 1.82) is 0 Å². The molecule has 128 valence electrons. The maximum atomic E-state index is 6.10. The summed E-state index contributed by atoms with van der Waals surface area (Å²) in [5.74, 6) is 2.78. The van der Waals surface area contributed by atoms with E-state index in [1.165, 1.54) is 5.04 Å². The first-order chi connectivity index (χ1) is 12.2. The number of hydrogen-bond donors (Lipinski definition) is 0. The Balaban J connectivity index is 1.70. The van der Waals surface area contributed by atoms with Crippen LogP contribution in [0.5, 0.6) is 0 Å². The minimum absolute atomic E-state index is 0.538. The summed E-state index contributed by atoms with van der Waals surface area (Å²) in [6.07, 6.45) is 5.24. The van der Waals surface area contributed by atoms with Crippen molar-refractivity contribution in [2.45, 2.75) is 19.8 Å². The normalized spacial score (nSPS) is 14.1. The average molecular weight is 373 g/mol. The number of aryl methyl sites for hydroxylation is 2. The number of aromatic nitrogens is 3. The molecule has 7 heteroatoms. The number of nitrogens with zero attached hydrogens (tertiary/aromatic N) is 4. The Morgan fingerprint density at radius 2 is 2.08 bits per heavy atom. The first-order valence-electron chi connectivity index (χ1n) is 8.13. The summed E-state index contributed by atoms with van der Waals surface area (Å²) < 4.78 is 7.95. The molecule has 0 aliphatic carbocycles. The molecule has 0 amide bonds. The van der Waals surface area contributed by atoms with E-state index in [-0.39, 0.29) is 0 Å². The van der Waals surface area contributed by atoms with Crippen molar-refractivity contribution < 1.29 is 4.42 Å². The highest BCUT2D eigenvalue weighted by molar-refractivity contribution is 8.14. The summed E-state index contributed by atoms with van der Waals surface area (Å²) in [4.78, 5) is 13.5. The maximum Gasteiger partial charge on any atom is 0.307 e. The highest BCUT2D eigenvalue weighted by Gasteiger charge is 2.18. The van der Waals surface area contributed by atoms with Gasteiger partial charge in [-0.1, -0.05) is 23.7 Å². The molecule has 0 radical (unpaired) electrons. The fourth-order valence-electron chi connectivity index (χ4n) is 2.78. The van der Waals surface area contributed by atoms with Crippen molar-refractivity contribution in [2.75, 3.05) is 12.3 Å². The second-order valence-corrected chi connectivity index (χ2v) is 7.35. The van der Waals surface area contributed by atoms with Crippen LogP contribution in [0.2, 0.25) is 5.02 Å². The van der Waals surface area contributed by atoms with Gasteiger partial charge in [-0.05, 0) is 19.1 Å². The molecular weight excluding hydrogens is 356 g/mol. The lowest BCUT2D eigenvalue weighted by molar-refractivity contribution is 0.482. The molecule has 1 aliphatic heterocycles. The molecule has 3 heterocycles. The van der Waals surface area contributed by atoms with Gasteiger partial charge in [-0.3, -0.25) is 9.56 Å². The molecule has 3 aromatic rings. The van der Waals surface area contributed by atoms with Gasteiger partial charge in [0, 0.05) is 48.1 Å². The van der Waals surface area contributed by atoms with Gasteiger partial charge in [0.05, 0.1) is 5.04 Å². The average Bonchev–Trinajstić information content (AvgIpc) is 3.34. The van der Waals surface area contributed by atoms with E-state index in [4.69, 9.17) is 21.0 Å². The predicted molar refractivity (Wildman–Crippen MR) is 102 cm³/mol. The molecule has 25 heavy (non-hydrogen) atoms. The highest BCUT2D eigenvalue weighted by atomic mass is 35.5. The fourth-order valence-corrected chi connectivity index (χ4v) is 3.75. The van der Waals surface area contributed by atoms with Gasteiger partial charge in [-0.15, -0.1) is 11.8 Å². The summed E-state index contributed by atoms with van der Waals surface area (Å²) in [6, 6.07) is 8.21. The van der Waals surface area contributed by atoms with Crippen molar-refractivity contribution in [2.24, 2.45) is 4.99 Å². The molecule has 1 aliphatic rings. The van der Waals surface area contributed by atoms with E-state index in [0.29, 0.717) is 11.0 Å². The third kappa shape index (κ3) is 3.50. The standard InChI is InChI=1S/C18H17ClN4OS/c1-12-20-8-10-23(12)18-22-17(13-2-4-14(19)5-3-13)15(24-18)6-7-16-21-9-11-25-16/h2-5,8,10H,6-7,9,11H2,1H3. The monoisotopic (exact) mass is 372 g/mol. The van der Waals surface area contributed by atoms with E-state index in [1.807, 2.05) is 53.7 Å². The molecule has 4 rings (SSSR count). The Morgan fingerprint density at radius 1 is 1.24 bits per heavy atom. The van der Waals surface area contributed by atoms with Crippen LogP contribution in [0.4, 0.5) is 0 Å². The van der Waals surface area contributed by atoms with Gasteiger partial charge in [0.2, 0.25) is 0 Å². The summed E-state index contributed by atoms with van der Waals surface area (Å²) in [6.45, 7) is 2.84. The lowest BCUT2D eigenvalue weighted by Gasteiger charge is -2.01. The zero-order valence-corrected chi connectivity index (χ0v) is 15.3. The van der Waals surface area contributed by atoms with E-state index in [1.54, 1.807) is 6.20 Å². The van der Waals surface area contributed by atoms with Gasteiger partial charge in [0.25, 0.3) is 0 Å².